The van der Waals surface area contributed by atoms with E-state index in [0.717, 1.165) is 17.9 Å². The van der Waals surface area contributed by atoms with Crippen LogP contribution in [0.2, 0.25) is 0 Å². The maximum Gasteiger partial charge on any atom is 0.352 e. The number of rotatable bonds is 11. The summed E-state index contributed by atoms with van der Waals surface area (Å²) >= 11 is 2.42. The molecule has 3 aliphatic rings. The van der Waals surface area contributed by atoms with Crippen molar-refractivity contribution in [2.24, 2.45) is 5.16 Å². The van der Waals surface area contributed by atoms with Gasteiger partial charge in [0.2, 0.25) is 5.60 Å². The Bertz CT molecular complexity index is 1150. The van der Waals surface area contributed by atoms with Crippen molar-refractivity contribution in [3.8, 4) is 0 Å². The van der Waals surface area contributed by atoms with Gasteiger partial charge in [0.25, 0.3) is 11.8 Å². The van der Waals surface area contributed by atoms with Crippen molar-refractivity contribution < 1.29 is 34.2 Å². The number of aliphatic carboxylic acids is 2. The molecule has 2 aliphatic heterocycles. The number of thiazole rings is 1. The topological polar surface area (TPSA) is 197 Å². The Morgan fingerprint density at radius 1 is 1.36 bits per heavy atom. The molecule has 0 aromatic carbocycles. The summed E-state index contributed by atoms with van der Waals surface area (Å²) in [4.78, 5) is 60.2. The number of carboxylic acid groups (broad SMARTS) is 2. The summed E-state index contributed by atoms with van der Waals surface area (Å²) in [6.07, 6.45) is 1.62. The smallest absolute Gasteiger partial charge is 0.352 e. The highest BCUT2D eigenvalue weighted by Crippen LogP contribution is 2.41. The van der Waals surface area contributed by atoms with E-state index in [-0.39, 0.29) is 35.1 Å². The minimum Gasteiger partial charge on any atom is -0.478 e. The van der Waals surface area contributed by atoms with Crippen molar-refractivity contribution >= 4 is 57.7 Å². The molecule has 4 rings (SSSR count). The van der Waals surface area contributed by atoms with Crippen molar-refractivity contribution in [1.29, 1.82) is 0 Å². The van der Waals surface area contributed by atoms with Gasteiger partial charge in [0.1, 0.15) is 22.8 Å². The SMILES string of the molecule is CCNCCC1=C(C(=O)O)N2C(=O)C(NC(=O)/C(=N\OC3(C(=O)O)CCC3)c3csc(N)n3)[C@@H]2SC1. The van der Waals surface area contributed by atoms with E-state index in [9.17, 15) is 29.4 Å². The molecule has 0 spiro atoms. The van der Waals surface area contributed by atoms with Gasteiger partial charge in [-0.05, 0) is 31.5 Å². The number of anilines is 1. The largest absolute Gasteiger partial charge is 0.478 e. The van der Waals surface area contributed by atoms with Gasteiger partial charge in [0.05, 0.1) is 0 Å². The third-order valence-electron chi connectivity index (χ3n) is 6.23. The van der Waals surface area contributed by atoms with E-state index in [2.05, 4.69) is 20.8 Å². The van der Waals surface area contributed by atoms with Crippen LogP contribution in [-0.2, 0) is 24.0 Å². The van der Waals surface area contributed by atoms with Gasteiger partial charge in [-0.2, -0.15) is 0 Å². The van der Waals surface area contributed by atoms with E-state index in [1.807, 2.05) is 6.92 Å². The summed E-state index contributed by atoms with van der Waals surface area (Å²) in [5.74, 6) is -3.34. The Morgan fingerprint density at radius 3 is 2.67 bits per heavy atom. The zero-order valence-corrected chi connectivity index (χ0v) is 21.0. The third-order valence-corrected chi connectivity index (χ3v) is 8.25. The molecule has 2 atom stereocenters. The molecule has 0 radical (unpaired) electrons. The third kappa shape index (κ3) is 4.77. The van der Waals surface area contributed by atoms with Gasteiger partial charge in [0.15, 0.2) is 10.8 Å². The van der Waals surface area contributed by atoms with Crippen LogP contribution >= 0.6 is 23.1 Å². The molecule has 1 saturated heterocycles. The van der Waals surface area contributed by atoms with Crippen molar-refractivity contribution in [1.82, 2.24) is 20.5 Å². The molecule has 1 aliphatic carbocycles. The van der Waals surface area contributed by atoms with Crippen LogP contribution in [0.15, 0.2) is 21.8 Å². The number of oxime groups is 1. The first-order valence-corrected chi connectivity index (χ1v) is 13.2. The second kappa shape index (κ2) is 10.4. The number of carbonyl (C=O) groups excluding carboxylic acids is 2. The molecule has 15 heteroatoms. The van der Waals surface area contributed by atoms with Gasteiger partial charge < -0.3 is 31.4 Å². The van der Waals surface area contributed by atoms with Crippen molar-refractivity contribution in [2.45, 2.75) is 49.6 Å². The van der Waals surface area contributed by atoms with Crippen LogP contribution in [0.5, 0.6) is 0 Å². The van der Waals surface area contributed by atoms with Crippen molar-refractivity contribution in [3.63, 3.8) is 0 Å². The molecule has 0 bridgehead atoms. The maximum absolute atomic E-state index is 13.2. The number of thioether (sulfide) groups is 1. The number of nitrogen functional groups attached to an aromatic ring is 1. The average Bonchev–Trinajstić information content (AvgIpc) is 3.24. The van der Waals surface area contributed by atoms with Crippen LogP contribution in [0.3, 0.4) is 0 Å². The highest BCUT2D eigenvalue weighted by atomic mass is 32.2. The lowest BCUT2D eigenvalue weighted by molar-refractivity contribution is -0.178. The Hall–Kier alpha value is -3.17. The van der Waals surface area contributed by atoms with Crippen LogP contribution < -0.4 is 16.4 Å². The number of hydrogen-bond acceptors (Lipinski definition) is 11. The van der Waals surface area contributed by atoms with Crippen molar-refractivity contribution in [2.75, 3.05) is 24.6 Å². The van der Waals surface area contributed by atoms with Gasteiger partial charge in [-0.25, -0.2) is 14.6 Å². The summed E-state index contributed by atoms with van der Waals surface area (Å²) < 4.78 is 0. The molecule has 1 unspecified atom stereocenters. The van der Waals surface area contributed by atoms with E-state index < -0.39 is 40.8 Å². The van der Waals surface area contributed by atoms with Crippen LogP contribution in [0.25, 0.3) is 0 Å². The molecule has 3 heterocycles. The maximum atomic E-state index is 13.2. The zero-order valence-electron chi connectivity index (χ0n) is 19.4. The molecule has 13 nitrogen and oxygen atoms in total. The molecule has 1 aromatic heterocycles. The predicted octanol–water partition coefficient (Wildman–Crippen LogP) is 0.192. The lowest BCUT2D eigenvalue weighted by Gasteiger charge is -2.49. The fourth-order valence-electron chi connectivity index (χ4n) is 4.08. The fraction of sp³-hybridized carbons (Fsp3) is 0.524. The van der Waals surface area contributed by atoms with Gasteiger partial charge in [0, 0.05) is 24.0 Å². The van der Waals surface area contributed by atoms with Gasteiger partial charge in [-0.1, -0.05) is 12.1 Å². The fourth-order valence-corrected chi connectivity index (χ4v) is 6.01. The molecule has 194 valence electrons. The number of carbonyl (C=O) groups is 4. The highest BCUT2D eigenvalue weighted by Gasteiger charge is 2.54. The molecule has 2 amide bonds. The number of β-lactam (4-membered cyclic amide) rings is 1. The Morgan fingerprint density at radius 2 is 2.11 bits per heavy atom. The van der Waals surface area contributed by atoms with Gasteiger partial charge >= 0.3 is 11.9 Å². The molecule has 1 saturated carbocycles. The number of nitrogens with one attached hydrogen (secondary N) is 2. The van der Waals surface area contributed by atoms with Crippen LogP contribution in [0.1, 0.15) is 38.3 Å². The monoisotopic (exact) mass is 538 g/mol. The van der Waals surface area contributed by atoms with Gasteiger partial charge in [-0.3, -0.25) is 14.5 Å². The standard InChI is InChI=1S/C21H26N6O7S2/c1-2-23-7-4-10-8-35-17-13(16(29)27(17)14(10)18(30)31)25-15(28)12(11-9-36-20(22)24-11)26-34-21(19(32)33)5-3-6-21/h9,13,17,23H,2-8H2,1H3,(H2,22,24)(H,25,28)(H,30,31)(H,32,33)/b26-12-/t13?,17-/m0/s1. The molecule has 2 fully saturated rings. The van der Waals surface area contributed by atoms with E-state index in [0.29, 0.717) is 30.7 Å². The second-order valence-corrected chi connectivity index (χ2v) is 10.5. The summed E-state index contributed by atoms with van der Waals surface area (Å²) in [7, 11) is 0. The van der Waals surface area contributed by atoms with E-state index >= 15 is 0 Å². The van der Waals surface area contributed by atoms with E-state index in [4.69, 9.17) is 10.6 Å². The van der Waals surface area contributed by atoms with Gasteiger partial charge in [-0.15, -0.1) is 23.1 Å². The first-order chi connectivity index (χ1) is 17.2. The number of amides is 2. The molecular weight excluding hydrogens is 512 g/mol. The van der Waals surface area contributed by atoms with Crippen molar-refractivity contribution in [3.05, 3.63) is 22.3 Å². The van der Waals surface area contributed by atoms with E-state index in [1.54, 1.807) is 0 Å². The summed E-state index contributed by atoms with van der Waals surface area (Å²) in [6, 6.07) is -0.995. The molecule has 6 N–H and O–H groups in total. The molecule has 1 aromatic rings. The highest BCUT2D eigenvalue weighted by molar-refractivity contribution is 8.00. The molecule has 36 heavy (non-hydrogen) atoms. The first-order valence-electron chi connectivity index (χ1n) is 11.3. The number of fused-ring (bicyclic) bond motifs is 1. The van der Waals surface area contributed by atoms with Crippen LogP contribution in [-0.4, -0.2) is 85.4 Å². The van der Waals surface area contributed by atoms with Crippen LogP contribution in [0.4, 0.5) is 5.13 Å². The molecular formula is C21H26N6O7S2. The van der Waals surface area contributed by atoms with Crippen LogP contribution in [0, 0.1) is 0 Å². The number of hydrogen-bond donors (Lipinski definition) is 5. The second-order valence-electron chi connectivity index (χ2n) is 8.48. The Kier molecular flexibility index (Phi) is 7.51. The van der Waals surface area contributed by atoms with E-state index in [1.165, 1.54) is 22.0 Å². The average molecular weight is 539 g/mol. The Labute approximate surface area is 214 Å². The minimum atomic E-state index is -1.51. The zero-order chi connectivity index (χ0) is 26.0. The lowest BCUT2D eigenvalue weighted by atomic mass is 9.80. The normalized spacial score (nSPS) is 22.9. The number of aromatic nitrogens is 1. The first kappa shape index (κ1) is 25.9. The Balaban J connectivity index is 1.52. The predicted molar refractivity (Wildman–Crippen MR) is 131 cm³/mol. The summed E-state index contributed by atoms with van der Waals surface area (Å²) in [6.45, 7) is 3.28. The number of nitrogens with two attached hydrogens (primary N) is 1. The summed E-state index contributed by atoms with van der Waals surface area (Å²) in [5, 5.41) is 29.8. The summed E-state index contributed by atoms with van der Waals surface area (Å²) in [5.41, 5.74) is 4.53. The number of nitrogens with zero attached hydrogens (tertiary/aromatic N) is 3. The quantitative estimate of drug-likeness (QED) is 0.112. The minimum absolute atomic E-state index is 0.0509. The lowest BCUT2D eigenvalue weighted by Crippen LogP contribution is -2.71. The number of carboxylic acids is 2.